The molecule has 1 unspecified atom stereocenters. The van der Waals surface area contributed by atoms with Crippen molar-refractivity contribution in [2.24, 2.45) is 5.92 Å². The van der Waals surface area contributed by atoms with E-state index in [1.165, 1.54) is 12.8 Å². The molecule has 0 radical (unpaired) electrons. The summed E-state index contributed by atoms with van der Waals surface area (Å²) in [7, 11) is 0. The summed E-state index contributed by atoms with van der Waals surface area (Å²) in [6.07, 6.45) is 5.49. The number of piperidine rings is 1. The normalized spacial score (nSPS) is 20.9. The van der Waals surface area contributed by atoms with Gasteiger partial charge in [-0.25, -0.2) is 9.59 Å². The summed E-state index contributed by atoms with van der Waals surface area (Å²) in [5.41, 5.74) is 0.686. The highest BCUT2D eigenvalue weighted by Crippen LogP contribution is 2.30. The molecule has 1 aliphatic carbocycles. The van der Waals surface area contributed by atoms with Gasteiger partial charge in [-0.3, -0.25) is 4.90 Å². The van der Waals surface area contributed by atoms with Crippen molar-refractivity contribution in [3.8, 4) is 5.75 Å². The molecular weight excluding hydrogens is 467 g/mol. The fraction of sp³-hybridized carbons (Fsp3) is 0.652. The molecule has 1 aromatic rings. The smallest absolute Gasteiger partial charge is 0.345 e. The summed E-state index contributed by atoms with van der Waals surface area (Å²) in [6, 6.07) is 7.55. The Kier molecular flexibility index (Phi) is 11.0. The van der Waals surface area contributed by atoms with Gasteiger partial charge in [0.1, 0.15) is 5.75 Å². The fourth-order valence-corrected chi connectivity index (χ4v) is 5.04. The molecule has 186 valence electrons. The van der Waals surface area contributed by atoms with Crippen molar-refractivity contribution in [1.82, 2.24) is 15.1 Å². The van der Waals surface area contributed by atoms with Crippen molar-refractivity contribution in [2.45, 2.75) is 50.7 Å². The second-order valence-corrected chi connectivity index (χ2v) is 8.88. The van der Waals surface area contributed by atoms with Crippen molar-refractivity contribution >= 4 is 42.5 Å². The van der Waals surface area contributed by atoms with Gasteiger partial charge in [0.15, 0.2) is 6.10 Å². The van der Waals surface area contributed by atoms with Gasteiger partial charge in [0.2, 0.25) is 0 Å². The van der Waals surface area contributed by atoms with Crippen LogP contribution in [0.25, 0.3) is 0 Å². The topological polar surface area (TPSA) is 94.1 Å². The maximum absolute atomic E-state index is 12.7. The molecule has 1 saturated carbocycles. The molecule has 2 aliphatic heterocycles. The second kappa shape index (κ2) is 13.2. The lowest BCUT2D eigenvalue weighted by atomic mass is 10.0. The molecular formula is C23H36Cl2N4O4. The highest BCUT2D eigenvalue weighted by atomic mass is 35.5. The van der Waals surface area contributed by atoms with E-state index in [1.54, 1.807) is 24.3 Å². The predicted octanol–water partition coefficient (Wildman–Crippen LogP) is 3.45. The lowest BCUT2D eigenvalue weighted by molar-refractivity contribution is -0.147. The minimum absolute atomic E-state index is 0. The number of carboxylic acids is 1. The Hall–Kier alpha value is -1.74. The summed E-state index contributed by atoms with van der Waals surface area (Å²) >= 11 is 0. The third-order valence-corrected chi connectivity index (χ3v) is 6.87. The van der Waals surface area contributed by atoms with Crippen LogP contribution >= 0.6 is 24.8 Å². The third-order valence-electron chi connectivity index (χ3n) is 6.87. The van der Waals surface area contributed by atoms with Crippen LogP contribution in [0.5, 0.6) is 5.75 Å². The molecule has 2 heterocycles. The van der Waals surface area contributed by atoms with E-state index >= 15 is 0 Å². The first-order valence-electron chi connectivity index (χ1n) is 11.6. The maximum Gasteiger partial charge on any atom is 0.345 e. The number of amides is 2. The first kappa shape index (κ1) is 27.5. The molecule has 0 bridgehead atoms. The number of halogens is 2. The van der Waals surface area contributed by atoms with E-state index in [4.69, 9.17) is 4.74 Å². The Balaban J connectivity index is 0.00000193. The summed E-state index contributed by atoms with van der Waals surface area (Å²) in [5.74, 6) is -0.318. The van der Waals surface area contributed by atoms with Crippen LogP contribution in [0.1, 0.15) is 38.5 Å². The molecule has 33 heavy (non-hydrogen) atoms. The Morgan fingerprint density at radius 1 is 0.970 bits per heavy atom. The van der Waals surface area contributed by atoms with Crippen molar-refractivity contribution in [1.29, 1.82) is 0 Å². The molecule has 3 fully saturated rings. The zero-order chi connectivity index (χ0) is 21.6. The number of aliphatic carboxylic acids is 1. The van der Waals surface area contributed by atoms with Crippen molar-refractivity contribution in [3.63, 3.8) is 0 Å². The average Bonchev–Trinajstić information content (AvgIpc) is 3.33. The minimum Gasteiger partial charge on any atom is -0.478 e. The first-order chi connectivity index (χ1) is 15.1. The Labute approximate surface area is 208 Å². The van der Waals surface area contributed by atoms with Crippen LogP contribution in [0.15, 0.2) is 24.3 Å². The highest BCUT2D eigenvalue weighted by molar-refractivity contribution is 5.89. The number of urea groups is 1. The van der Waals surface area contributed by atoms with Gasteiger partial charge in [0.05, 0.1) is 0 Å². The SMILES string of the molecule is Cl.Cl.O=C(O)C(Oc1ccc(NC(=O)N2CCN(C3CCNCC3)CC2)cc1)C1CCCC1. The van der Waals surface area contributed by atoms with Gasteiger partial charge in [0, 0.05) is 43.8 Å². The Bertz CT molecular complexity index is 747. The number of nitrogens with one attached hydrogen (secondary N) is 2. The van der Waals surface area contributed by atoms with E-state index in [1.807, 2.05) is 4.90 Å². The number of piperazine rings is 1. The van der Waals surface area contributed by atoms with Crippen LogP contribution in [0.2, 0.25) is 0 Å². The van der Waals surface area contributed by atoms with Gasteiger partial charge in [0.25, 0.3) is 0 Å². The molecule has 2 amide bonds. The van der Waals surface area contributed by atoms with Crippen molar-refractivity contribution < 1.29 is 19.4 Å². The molecule has 2 saturated heterocycles. The van der Waals surface area contributed by atoms with Crippen molar-refractivity contribution in [3.05, 3.63) is 24.3 Å². The van der Waals surface area contributed by atoms with Crippen LogP contribution in [-0.4, -0.2) is 78.3 Å². The number of carbonyl (C=O) groups excluding carboxylic acids is 1. The average molecular weight is 503 g/mol. The number of anilines is 1. The largest absolute Gasteiger partial charge is 0.478 e. The number of ether oxygens (including phenoxy) is 1. The molecule has 1 atom stereocenters. The Morgan fingerprint density at radius 2 is 1.58 bits per heavy atom. The lowest BCUT2D eigenvalue weighted by Crippen LogP contribution is -2.54. The third kappa shape index (κ3) is 7.37. The van der Waals surface area contributed by atoms with Gasteiger partial charge < -0.3 is 25.4 Å². The predicted molar refractivity (Wildman–Crippen MR) is 133 cm³/mol. The highest BCUT2D eigenvalue weighted by Gasteiger charge is 2.32. The molecule has 10 heteroatoms. The van der Waals surface area contributed by atoms with E-state index in [0.717, 1.165) is 65.0 Å². The van der Waals surface area contributed by atoms with Gasteiger partial charge in [-0.1, -0.05) is 12.8 Å². The van der Waals surface area contributed by atoms with Crippen LogP contribution in [-0.2, 0) is 4.79 Å². The lowest BCUT2D eigenvalue weighted by Gasteiger charge is -2.40. The van der Waals surface area contributed by atoms with Gasteiger partial charge in [-0.15, -0.1) is 24.8 Å². The zero-order valence-electron chi connectivity index (χ0n) is 18.9. The summed E-state index contributed by atoms with van der Waals surface area (Å²) < 4.78 is 5.77. The standard InChI is InChI=1S/C23H34N4O4.2ClH/c28-22(29)21(17-3-1-2-4-17)31-20-7-5-18(6-8-20)25-23(30)27-15-13-26(14-16-27)19-9-11-24-12-10-19;;/h5-8,17,19,21,24H,1-4,9-16H2,(H,25,30)(H,28,29);2*1H. The fourth-order valence-electron chi connectivity index (χ4n) is 5.04. The number of hydrogen-bond acceptors (Lipinski definition) is 5. The first-order valence-corrected chi connectivity index (χ1v) is 11.6. The summed E-state index contributed by atoms with van der Waals surface area (Å²) in [5, 5.41) is 15.9. The van der Waals surface area contributed by atoms with Crippen LogP contribution in [0, 0.1) is 5.92 Å². The molecule has 3 aliphatic rings. The molecule has 1 aromatic carbocycles. The second-order valence-electron chi connectivity index (χ2n) is 8.88. The van der Waals surface area contributed by atoms with Crippen LogP contribution in [0.3, 0.4) is 0 Å². The van der Waals surface area contributed by atoms with Crippen LogP contribution in [0.4, 0.5) is 10.5 Å². The quantitative estimate of drug-likeness (QED) is 0.551. The molecule has 4 rings (SSSR count). The van der Waals surface area contributed by atoms with E-state index in [9.17, 15) is 14.7 Å². The number of nitrogens with zero attached hydrogens (tertiary/aromatic N) is 2. The number of hydrogen-bond donors (Lipinski definition) is 3. The van der Waals surface area contributed by atoms with Gasteiger partial charge >= 0.3 is 12.0 Å². The number of benzene rings is 1. The van der Waals surface area contributed by atoms with E-state index < -0.39 is 12.1 Å². The van der Waals surface area contributed by atoms with Gasteiger partial charge in [-0.05, 0) is 63.0 Å². The molecule has 0 aromatic heterocycles. The zero-order valence-corrected chi connectivity index (χ0v) is 20.5. The van der Waals surface area contributed by atoms with E-state index in [0.29, 0.717) is 17.5 Å². The number of rotatable bonds is 6. The summed E-state index contributed by atoms with van der Waals surface area (Å²) in [6.45, 7) is 5.47. The Morgan fingerprint density at radius 3 is 2.15 bits per heavy atom. The molecule has 0 spiro atoms. The van der Waals surface area contributed by atoms with Gasteiger partial charge in [-0.2, -0.15) is 0 Å². The maximum atomic E-state index is 12.7. The number of carboxylic acid groups (broad SMARTS) is 1. The van der Waals surface area contributed by atoms with E-state index in [2.05, 4.69) is 15.5 Å². The monoisotopic (exact) mass is 502 g/mol. The molecule has 8 nitrogen and oxygen atoms in total. The van der Waals surface area contributed by atoms with Crippen LogP contribution < -0.4 is 15.4 Å². The summed E-state index contributed by atoms with van der Waals surface area (Å²) in [4.78, 5) is 28.6. The minimum atomic E-state index is -0.909. The molecule has 3 N–H and O–H groups in total. The number of carbonyl (C=O) groups is 2. The van der Waals surface area contributed by atoms with Crippen molar-refractivity contribution in [2.75, 3.05) is 44.6 Å². The van der Waals surface area contributed by atoms with E-state index in [-0.39, 0.29) is 36.8 Å².